The topological polar surface area (TPSA) is 77.0 Å². The number of aryl methyl sites for hydroxylation is 2. The zero-order chi connectivity index (χ0) is 11.4. The van der Waals surface area contributed by atoms with Gasteiger partial charge in [-0.15, -0.1) is 5.10 Å². The van der Waals surface area contributed by atoms with Crippen LogP contribution in [-0.2, 0) is 13.0 Å². The molecule has 6 nitrogen and oxygen atoms in total. The number of rotatable bonds is 5. The molecule has 1 N–H and O–H groups in total. The molecule has 0 radical (unpaired) electrons. The van der Waals surface area contributed by atoms with Crippen molar-refractivity contribution in [3.8, 4) is 0 Å². The third-order valence-corrected chi connectivity index (χ3v) is 2.18. The average Bonchev–Trinajstić information content (AvgIpc) is 2.86. The van der Waals surface area contributed by atoms with Crippen molar-refractivity contribution in [1.29, 1.82) is 0 Å². The molecular weight excluding hydrogens is 208 g/mol. The standard InChI is InChI=1S/C10H14N4O2/c1-8-5-10(12-16-8)7-14-6-9(11-13-14)3-2-4-15/h5-6,15H,2-4,7H2,1H3. The Morgan fingerprint density at radius 3 is 3.00 bits per heavy atom. The van der Waals surface area contributed by atoms with Crippen molar-refractivity contribution in [2.75, 3.05) is 6.61 Å². The molecule has 0 aliphatic carbocycles. The molecule has 2 rings (SSSR count). The van der Waals surface area contributed by atoms with E-state index in [4.69, 9.17) is 9.63 Å². The summed E-state index contributed by atoms with van der Waals surface area (Å²) >= 11 is 0. The maximum absolute atomic E-state index is 8.69. The molecule has 86 valence electrons. The minimum Gasteiger partial charge on any atom is -0.396 e. The molecule has 0 atom stereocenters. The Morgan fingerprint density at radius 2 is 2.31 bits per heavy atom. The van der Waals surface area contributed by atoms with E-state index in [1.54, 1.807) is 4.68 Å². The lowest BCUT2D eigenvalue weighted by Gasteiger charge is -1.93. The molecule has 0 bridgehead atoms. The van der Waals surface area contributed by atoms with Gasteiger partial charge in [0.25, 0.3) is 0 Å². The molecule has 0 saturated carbocycles. The highest BCUT2D eigenvalue weighted by molar-refractivity contribution is 5.04. The van der Waals surface area contributed by atoms with E-state index in [1.165, 1.54) is 0 Å². The molecular formula is C10H14N4O2. The van der Waals surface area contributed by atoms with Gasteiger partial charge in [0.1, 0.15) is 11.5 Å². The summed E-state index contributed by atoms with van der Waals surface area (Å²) in [6.07, 6.45) is 3.32. The fraction of sp³-hybridized carbons (Fsp3) is 0.500. The first-order valence-corrected chi connectivity index (χ1v) is 5.20. The summed E-state index contributed by atoms with van der Waals surface area (Å²) in [6.45, 7) is 2.59. The van der Waals surface area contributed by atoms with E-state index < -0.39 is 0 Å². The Balaban J connectivity index is 1.97. The monoisotopic (exact) mass is 222 g/mol. The zero-order valence-electron chi connectivity index (χ0n) is 9.13. The largest absolute Gasteiger partial charge is 0.396 e. The van der Waals surface area contributed by atoms with Gasteiger partial charge in [-0.05, 0) is 19.8 Å². The second-order valence-electron chi connectivity index (χ2n) is 3.66. The lowest BCUT2D eigenvalue weighted by Crippen LogP contribution is -2.00. The number of aliphatic hydroxyl groups is 1. The summed E-state index contributed by atoms with van der Waals surface area (Å²) in [5.41, 5.74) is 1.71. The van der Waals surface area contributed by atoms with Crippen LogP contribution in [0, 0.1) is 6.92 Å². The van der Waals surface area contributed by atoms with Crippen LogP contribution in [0.2, 0.25) is 0 Å². The lowest BCUT2D eigenvalue weighted by atomic mass is 10.2. The van der Waals surface area contributed by atoms with Gasteiger partial charge in [0.2, 0.25) is 0 Å². The van der Waals surface area contributed by atoms with Gasteiger partial charge in [-0.1, -0.05) is 10.4 Å². The molecule has 16 heavy (non-hydrogen) atoms. The maximum atomic E-state index is 8.69. The van der Waals surface area contributed by atoms with Crippen molar-refractivity contribution in [3.63, 3.8) is 0 Å². The number of aromatic nitrogens is 4. The van der Waals surface area contributed by atoms with E-state index in [0.717, 1.165) is 23.6 Å². The Labute approximate surface area is 92.9 Å². The predicted octanol–water partition coefficient (Wildman–Crippen LogP) is 0.548. The molecule has 0 spiro atoms. The summed E-state index contributed by atoms with van der Waals surface area (Å²) in [5, 5.41) is 20.6. The molecule has 2 aromatic rings. The first-order valence-electron chi connectivity index (χ1n) is 5.20. The Kier molecular flexibility index (Phi) is 3.31. The van der Waals surface area contributed by atoms with Crippen LogP contribution in [0.15, 0.2) is 16.8 Å². The van der Waals surface area contributed by atoms with Gasteiger partial charge < -0.3 is 9.63 Å². The van der Waals surface area contributed by atoms with Crippen molar-refractivity contribution in [3.05, 3.63) is 29.4 Å². The molecule has 2 aromatic heterocycles. The van der Waals surface area contributed by atoms with Crippen LogP contribution in [0.1, 0.15) is 23.6 Å². The highest BCUT2D eigenvalue weighted by atomic mass is 16.5. The van der Waals surface area contributed by atoms with Crippen molar-refractivity contribution < 1.29 is 9.63 Å². The van der Waals surface area contributed by atoms with Crippen molar-refractivity contribution in [2.24, 2.45) is 0 Å². The van der Waals surface area contributed by atoms with Crippen molar-refractivity contribution >= 4 is 0 Å². The molecule has 0 aliphatic rings. The summed E-state index contributed by atoms with van der Waals surface area (Å²) in [4.78, 5) is 0. The van der Waals surface area contributed by atoms with Gasteiger partial charge in [0.15, 0.2) is 0 Å². The van der Waals surface area contributed by atoms with Crippen molar-refractivity contribution in [1.82, 2.24) is 20.2 Å². The highest BCUT2D eigenvalue weighted by Gasteiger charge is 2.04. The minimum absolute atomic E-state index is 0.176. The van der Waals surface area contributed by atoms with Gasteiger partial charge >= 0.3 is 0 Å². The second kappa shape index (κ2) is 4.89. The fourth-order valence-corrected chi connectivity index (χ4v) is 1.45. The zero-order valence-corrected chi connectivity index (χ0v) is 9.13. The van der Waals surface area contributed by atoms with Gasteiger partial charge in [-0.25, -0.2) is 4.68 Å². The quantitative estimate of drug-likeness (QED) is 0.799. The molecule has 0 unspecified atom stereocenters. The molecule has 6 heteroatoms. The van der Waals surface area contributed by atoms with Gasteiger partial charge in [0, 0.05) is 18.9 Å². The van der Waals surface area contributed by atoms with Crippen LogP contribution in [0.5, 0.6) is 0 Å². The third-order valence-electron chi connectivity index (χ3n) is 2.18. The lowest BCUT2D eigenvalue weighted by molar-refractivity contribution is 0.288. The summed E-state index contributed by atoms with van der Waals surface area (Å²) < 4.78 is 6.68. The number of aliphatic hydroxyl groups excluding tert-OH is 1. The number of hydrogen-bond acceptors (Lipinski definition) is 5. The van der Waals surface area contributed by atoms with Gasteiger partial charge in [0.05, 0.1) is 12.2 Å². The van der Waals surface area contributed by atoms with Crippen molar-refractivity contribution in [2.45, 2.75) is 26.3 Å². The molecule has 2 heterocycles. The molecule has 0 saturated heterocycles. The summed E-state index contributed by atoms with van der Waals surface area (Å²) in [6, 6.07) is 1.87. The molecule has 0 fully saturated rings. The van der Waals surface area contributed by atoms with Crippen LogP contribution >= 0.6 is 0 Å². The molecule has 0 amide bonds. The van der Waals surface area contributed by atoms with Crippen LogP contribution < -0.4 is 0 Å². The van der Waals surface area contributed by atoms with Gasteiger partial charge in [-0.3, -0.25) is 0 Å². The number of hydrogen-bond donors (Lipinski definition) is 1. The SMILES string of the molecule is Cc1cc(Cn2cc(CCCO)nn2)no1. The van der Waals surface area contributed by atoms with Crippen LogP contribution in [0.25, 0.3) is 0 Å². The molecule has 0 aliphatic heterocycles. The Morgan fingerprint density at radius 1 is 1.44 bits per heavy atom. The first kappa shape index (κ1) is 10.8. The first-order chi connectivity index (χ1) is 7.78. The molecule has 0 aromatic carbocycles. The predicted molar refractivity (Wildman–Crippen MR) is 55.8 cm³/mol. The number of nitrogens with zero attached hydrogens (tertiary/aromatic N) is 4. The fourth-order valence-electron chi connectivity index (χ4n) is 1.45. The van der Waals surface area contributed by atoms with E-state index in [1.807, 2.05) is 19.2 Å². The van der Waals surface area contributed by atoms with E-state index in [-0.39, 0.29) is 6.61 Å². The summed E-state index contributed by atoms with van der Waals surface area (Å²) in [5.74, 6) is 0.788. The minimum atomic E-state index is 0.176. The maximum Gasteiger partial charge on any atom is 0.133 e. The Hall–Kier alpha value is -1.69. The average molecular weight is 222 g/mol. The normalized spacial score (nSPS) is 10.9. The highest BCUT2D eigenvalue weighted by Crippen LogP contribution is 2.04. The van der Waals surface area contributed by atoms with E-state index in [2.05, 4.69) is 15.5 Å². The Bertz CT molecular complexity index is 449. The smallest absolute Gasteiger partial charge is 0.133 e. The van der Waals surface area contributed by atoms with E-state index >= 15 is 0 Å². The van der Waals surface area contributed by atoms with E-state index in [0.29, 0.717) is 13.0 Å². The van der Waals surface area contributed by atoms with E-state index in [9.17, 15) is 0 Å². The van der Waals surface area contributed by atoms with Gasteiger partial charge in [-0.2, -0.15) is 0 Å². The van der Waals surface area contributed by atoms with Crippen LogP contribution in [0.4, 0.5) is 0 Å². The third kappa shape index (κ3) is 2.66. The second-order valence-corrected chi connectivity index (χ2v) is 3.66. The summed E-state index contributed by atoms with van der Waals surface area (Å²) in [7, 11) is 0. The van der Waals surface area contributed by atoms with Crippen LogP contribution in [0.3, 0.4) is 0 Å². The van der Waals surface area contributed by atoms with Crippen LogP contribution in [-0.4, -0.2) is 31.9 Å².